The number of para-hydroxylation sites is 1. The van der Waals surface area contributed by atoms with E-state index in [1.807, 2.05) is 54.6 Å². The number of fused-ring (bicyclic) bond motifs is 1. The molecule has 1 aliphatic heterocycles. The van der Waals surface area contributed by atoms with Crippen LogP contribution < -0.4 is 10.2 Å². The number of benzene rings is 2. The van der Waals surface area contributed by atoms with Crippen LogP contribution in [0, 0.1) is 0 Å². The fourth-order valence-electron chi connectivity index (χ4n) is 5.84. The first-order valence-corrected chi connectivity index (χ1v) is 14.5. The summed E-state index contributed by atoms with van der Waals surface area (Å²) in [5, 5.41) is 11.7. The number of carbonyl (C=O) groups is 2. The Balaban J connectivity index is 1.33. The van der Waals surface area contributed by atoms with E-state index in [-0.39, 0.29) is 30.9 Å². The van der Waals surface area contributed by atoms with Crippen LogP contribution in [0.4, 0.5) is 5.69 Å². The highest BCUT2D eigenvalue weighted by Crippen LogP contribution is 2.28. The van der Waals surface area contributed by atoms with Gasteiger partial charge in [0.15, 0.2) is 0 Å². The molecule has 2 amide bonds. The SMILES string of the molecule is O=C(NC1CCCCC1)C(c1ccc(N2CCOCC2)cc1)N(Cc1ccco1)C(=O)Cn1nnc2ccccc21. The monoisotopic (exact) mass is 556 g/mol. The van der Waals surface area contributed by atoms with Crippen molar-refractivity contribution < 1.29 is 18.7 Å². The number of nitrogens with one attached hydrogen (secondary N) is 1. The van der Waals surface area contributed by atoms with Crippen LogP contribution in [-0.2, 0) is 27.4 Å². The quantitative estimate of drug-likeness (QED) is 0.331. The first-order valence-electron chi connectivity index (χ1n) is 14.5. The summed E-state index contributed by atoms with van der Waals surface area (Å²) < 4.78 is 12.7. The Hall–Kier alpha value is -4.18. The van der Waals surface area contributed by atoms with E-state index in [2.05, 4.69) is 20.5 Å². The van der Waals surface area contributed by atoms with Crippen molar-refractivity contribution >= 4 is 28.5 Å². The zero-order valence-corrected chi connectivity index (χ0v) is 23.2. The molecule has 1 atom stereocenters. The van der Waals surface area contributed by atoms with Gasteiger partial charge in [0.2, 0.25) is 11.8 Å². The van der Waals surface area contributed by atoms with Crippen LogP contribution in [0.2, 0.25) is 0 Å². The highest BCUT2D eigenvalue weighted by Gasteiger charge is 2.34. The van der Waals surface area contributed by atoms with E-state index in [1.165, 1.54) is 6.42 Å². The molecular weight excluding hydrogens is 520 g/mol. The standard InChI is InChI=1S/C31H36N6O4/c38-29(22-37-28-11-5-4-10-27(28)33-34-37)36(21-26-9-6-18-41-26)30(31(39)32-24-7-2-1-3-8-24)23-12-14-25(15-13-23)35-16-19-40-20-17-35/h4-6,9-15,18,24,30H,1-3,7-8,16-17,19-22H2,(H,32,39). The molecule has 4 aromatic rings. The number of hydrogen-bond acceptors (Lipinski definition) is 7. The maximum atomic E-state index is 14.1. The van der Waals surface area contributed by atoms with E-state index in [4.69, 9.17) is 9.15 Å². The van der Waals surface area contributed by atoms with Crippen LogP contribution in [0.3, 0.4) is 0 Å². The van der Waals surface area contributed by atoms with Crippen LogP contribution >= 0.6 is 0 Å². The van der Waals surface area contributed by atoms with E-state index in [0.717, 1.165) is 55.5 Å². The molecule has 6 rings (SSSR count). The Kier molecular flexibility index (Phi) is 8.27. The Labute approximate surface area is 239 Å². The largest absolute Gasteiger partial charge is 0.467 e. The van der Waals surface area contributed by atoms with Crippen molar-refractivity contribution in [3.63, 3.8) is 0 Å². The second-order valence-electron chi connectivity index (χ2n) is 10.8. The topological polar surface area (TPSA) is 106 Å². The van der Waals surface area contributed by atoms with Crippen molar-refractivity contribution in [2.24, 2.45) is 0 Å². The van der Waals surface area contributed by atoms with Gasteiger partial charge in [-0.05, 0) is 54.8 Å². The predicted octanol–water partition coefficient (Wildman–Crippen LogP) is 4.08. The minimum absolute atomic E-state index is 0.0553. The number of rotatable bonds is 9. The number of anilines is 1. The molecule has 10 nitrogen and oxygen atoms in total. The molecule has 1 aliphatic carbocycles. The van der Waals surface area contributed by atoms with Crippen LogP contribution in [0.25, 0.3) is 11.0 Å². The third kappa shape index (κ3) is 6.27. The van der Waals surface area contributed by atoms with Gasteiger partial charge in [-0.2, -0.15) is 0 Å². The second kappa shape index (κ2) is 12.6. The lowest BCUT2D eigenvalue weighted by atomic mass is 9.94. The number of ether oxygens (including phenoxy) is 1. The third-order valence-corrected chi connectivity index (χ3v) is 8.03. The van der Waals surface area contributed by atoms with Gasteiger partial charge in [-0.3, -0.25) is 9.59 Å². The van der Waals surface area contributed by atoms with Crippen LogP contribution in [0.5, 0.6) is 0 Å². The summed E-state index contributed by atoms with van der Waals surface area (Å²) in [5.41, 5.74) is 3.29. The minimum atomic E-state index is -0.844. The lowest BCUT2D eigenvalue weighted by molar-refractivity contribution is -0.142. The molecule has 0 spiro atoms. The zero-order valence-electron chi connectivity index (χ0n) is 23.2. The fourth-order valence-corrected chi connectivity index (χ4v) is 5.84. The highest BCUT2D eigenvalue weighted by atomic mass is 16.5. The molecule has 214 valence electrons. The van der Waals surface area contributed by atoms with E-state index in [0.29, 0.717) is 24.5 Å². The molecule has 3 heterocycles. The Bertz CT molecular complexity index is 1440. The summed E-state index contributed by atoms with van der Waals surface area (Å²) in [5.74, 6) is 0.166. The van der Waals surface area contributed by atoms with Crippen LogP contribution in [0.15, 0.2) is 71.3 Å². The molecule has 1 N–H and O–H groups in total. The predicted molar refractivity (Wildman–Crippen MR) is 154 cm³/mol. The van der Waals surface area contributed by atoms with Gasteiger partial charge in [0.25, 0.3) is 0 Å². The summed E-state index contributed by atoms with van der Waals surface area (Å²) in [6.45, 7) is 3.11. The first-order chi connectivity index (χ1) is 20.2. The maximum Gasteiger partial charge on any atom is 0.247 e. The van der Waals surface area contributed by atoms with Gasteiger partial charge in [0.1, 0.15) is 23.9 Å². The minimum Gasteiger partial charge on any atom is -0.467 e. The average molecular weight is 557 g/mol. The zero-order chi connectivity index (χ0) is 28.0. The number of morpholine rings is 1. The molecule has 2 aromatic carbocycles. The fraction of sp³-hybridized carbons (Fsp3) is 0.419. The average Bonchev–Trinajstić information content (AvgIpc) is 3.68. The van der Waals surface area contributed by atoms with Gasteiger partial charge in [0, 0.05) is 24.8 Å². The van der Waals surface area contributed by atoms with E-state index in [1.54, 1.807) is 21.9 Å². The molecule has 1 saturated carbocycles. The van der Waals surface area contributed by atoms with Gasteiger partial charge in [-0.25, -0.2) is 4.68 Å². The van der Waals surface area contributed by atoms with Gasteiger partial charge in [-0.1, -0.05) is 48.7 Å². The van der Waals surface area contributed by atoms with Crippen molar-refractivity contribution in [3.05, 3.63) is 78.3 Å². The van der Waals surface area contributed by atoms with Crippen molar-refractivity contribution in [2.45, 2.75) is 57.3 Å². The Morgan fingerprint density at radius 1 is 0.976 bits per heavy atom. The molecular formula is C31H36N6O4. The molecule has 10 heteroatoms. The molecule has 41 heavy (non-hydrogen) atoms. The maximum absolute atomic E-state index is 14.1. The van der Waals surface area contributed by atoms with E-state index < -0.39 is 6.04 Å². The number of amides is 2. The Morgan fingerprint density at radius 2 is 1.76 bits per heavy atom. The summed E-state index contributed by atoms with van der Waals surface area (Å²) in [6.07, 6.45) is 6.86. The first kappa shape index (κ1) is 27.0. The van der Waals surface area contributed by atoms with Crippen LogP contribution in [0.1, 0.15) is 49.5 Å². The summed E-state index contributed by atoms with van der Waals surface area (Å²) in [7, 11) is 0. The van der Waals surface area contributed by atoms with Gasteiger partial charge in [-0.15, -0.1) is 5.10 Å². The Morgan fingerprint density at radius 3 is 2.51 bits per heavy atom. The lowest BCUT2D eigenvalue weighted by Crippen LogP contribution is -2.47. The summed E-state index contributed by atoms with van der Waals surface area (Å²) >= 11 is 0. The summed E-state index contributed by atoms with van der Waals surface area (Å²) in [4.78, 5) is 32.1. The van der Waals surface area contributed by atoms with Gasteiger partial charge in [0.05, 0.1) is 31.5 Å². The molecule has 0 bridgehead atoms. The van der Waals surface area contributed by atoms with Gasteiger partial charge < -0.3 is 24.3 Å². The molecule has 2 fully saturated rings. The third-order valence-electron chi connectivity index (χ3n) is 8.03. The van der Waals surface area contributed by atoms with E-state index >= 15 is 0 Å². The molecule has 1 saturated heterocycles. The molecule has 2 aromatic heterocycles. The number of aromatic nitrogens is 3. The normalized spacial score (nSPS) is 16.9. The van der Waals surface area contributed by atoms with Crippen molar-refractivity contribution in [2.75, 3.05) is 31.2 Å². The smallest absolute Gasteiger partial charge is 0.247 e. The molecule has 0 radical (unpaired) electrons. The second-order valence-corrected chi connectivity index (χ2v) is 10.8. The number of furan rings is 1. The van der Waals surface area contributed by atoms with Gasteiger partial charge >= 0.3 is 0 Å². The number of hydrogen-bond donors (Lipinski definition) is 1. The lowest BCUT2D eigenvalue weighted by Gasteiger charge is -2.33. The number of carbonyl (C=O) groups excluding carboxylic acids is 2. The van der Waals surface area contributed by atoms with Crippen molar-refractivity contribution in [1.29, 1.82) is 0 Å². The summed E-state index contributed by atoms with van der Waals surface area (Å²) in [6, 6.07) is 18.4. The molecule has 2 aliphatic rings. The van der Waals surface area contributed by atoms with Crippen molar-refractivity contribution in [1.82, 2.24) is 25.2 Å². The van der Waals surface area contributed by atoms with Crippen molar-refractivity contribution in [3.8, 4) is 0 Å². The number of nitrogens with zero attached hydrogens (tertiary/aromatic N) is 5. The highest BCUT2D eigenvalue weighted by molar-refractivity contribution is 5.89. The van der Waals surface area contributed by atoms with E-state index in [9.17, 15) is 9.59 Å². The molecule has 1 unspecified atom stereocenters. The van der Waals surface area contributed by atoms with Crippen LogP contribution in [-0.4, -0.2) is 64.1 Å².